The summed E-state index contributed by atoms with van der Waals surface area (Å²) < 4.78 is 9.05. The highest BCUT2D eigenvalue weighted by Crippen LogP contribution is 2.36. The van der Waals surface area contributed by atoms with Crippen LogP contribution in [0.25, 0.3) is 0 Å². The van der Waals surface area contributed by atoms with Gasteiger partial charge < -0.3 is 9.47 Å². The van der Waals surface area contributed by atoms with Gasteiger partial charge in [-0.2, -0.15) is 0 Å². The minimum absolute atomic E-state index is 0.288. The lowest BCUT2D eigenvalue weighted by Crippen LogP contribution is -2.40. The number of ether oxygens (including phenoxy) is 2. The molecule has 0 fully saturated rings. The molecule has 1 unspecified atom stereocenters. The van der Waals surface area contributed by atoms with E-state index in [0.717, 1.165) is 0 Å². The molecular weight excluding hydrogens is 432 g/mol. The summed E-state index contributed by atoms with van der Waals surface area (Å²) in [5, 5.41) is 0. The molecule has 0 bridgehead atoms. The van der Waals surface area contributed by atoms with Gasteiger partial charge in [0.05, 0.1) is 0 Å². The summed E-state index contributed by atoms with van der Waals surface area (Å²) in [6.07, 6.45) is 0. The van der Waals surface area contributed by atoms with Gasteiger partial charge in [-0.25, -0.2) is 4.79 Å². The van der Waals surface area contributed by atoms with E-state index in [1.807, 2.05) is 18.2 Å². The van der Waals surface area contributed by atoms with Crippen molar-refractivity contribution in [2.24, 2.45) is 0 Å². The Morgan fingerprint density at radius 3 is 2.33 bits per heavy atom. The molecule has 0 N–H and O–H groups in total. The molecule has 98 valence electrons. The molecule has 0 aliphatic heterocycles. The van der Waals surface area contributed by atoms with Crippen LogP contribution >= 0.6 is 47.8 Å². The molecule has 0 heterocycles. The summed E-state index contributed by atoms with van der Waals surface area (Å²) >= 11 is 9.80. The van der Waals surface area contributed by atoms with Crippen molar-refractivity contribution in [3.05, 3.63) is 42.5 Å². The van der Waals surface area contributed by atoms with Crippen LogP contribution in [0.5, 0.6) is 5.75 Å². The third-order valence-corrected chi connectivity index (χ3v) is 5.06. The van der Waals surface area contributed by atoms with Gasteiger partial charge in [-0.05, 0) is 19.1 Å². The molecule has 1 aromatic rings. The minimum atomic E-state index is -1.36. The second kappa shape index (κ2) is 6.73. The summed E-state index contributed by atoms with van der Waals surface area (Å²) in [4.78, 5) is 11.6. The Labute approximate surface area is 131 Å². The highest BCUT2D eigenvalue weighted by atomic mass is 79.9. The SMILES string of the molecule is C=C(C)C(=O)OC(Br)(Oc1ccccc1)C(Br)Br. The third-order valence-electron chi connectivity index (χ3n) is 1.84. The number of carbonyl (C=O) groups is 1. The first-order valence-corrected chi connectivity index (χ1v) is 7.57. The molecule has 3 nitrogen and oxygen atoms in total. The van der Waals surface area contributed by atoms with Gasteiger partial charge in [0.2, 0.25) is 0 Å². The Hall–Kier alpha value is -0.330. The van der Waals surface area contributed by atoms with E-state index in [4.69, 9.17) is 9.47 Å². The van der Waals surface area contributed by atoms with Crippen LogP contribution in [0.1, 0.15) is 6.92 Å². The van der Waals surface area contributed by atoms with Crippen molar-refractivity contribution in [3.63, 3.8) is 0 Å². The molecule has 0 saturated carbocycles. The lowest BCUT2D eigenvalue weighted by molar-refractivity contribution is -0.161. The normalized spacial score (nSPS) is 13.8. The maximum atomic E-state index is 11.6. The van der Waals surface area contributed by atoms with Crippen LogP contribution in [0.2, 0.25) is 0 Å². The number of esters is 1. The predicted molar refractivity (Wildman–Crippen MR) is 81.3 cm³/mol. The molecule has 6 heteroatoms. The molecule has 18 heavy (non-hydrogen) atoms. The molecule has 0 spiro atoms. The van der Waals surface area contributed by atoms with E-state index < -0.39 is 14.4 Å². The molecule has 1 atom stereocenters. The molecular formula is C12H11Br3O3. The van der Waals surface area contributed by atoms with Crippen LogP contribution in [-0.2, 0) is 9.53 Å². The van der Waals surface area contributed by atoms with Crippen molar-refractivity contribution >= 4 is 53.8 Å². The highest BCUT2D eigenvalue weighted by molar-refractivity contribution is 9.25. The molecule has 1 rings (SSSR count). The zero-order valence-corrected chi connectivity index (χ0v) is 14.3. The Bertz CT molecular complexity index is 433. The second-order valence-electron chi connectivity index (χ2n) is 3.47. The van der Waals surface area contributed by atoms with E-state index in [0.29, 0.717) is 5.75 Å². The van der Waals surface area contributed by atoms with Gasteiger partial charge in [0, 0.05) is 21.5 Å². The Morgan fingerprint density at radius 1 is 1.33 bits per heavy atom. The zero-order chi connectivity index (χ0) is 13.8. The summed E-state index contributed by atoms with van der Waals surface area (Å²) in [7, 11) is 0. The number of rotatable bonds is 5. The molecule has 0 saturated heterocycles. The van der Waals surface area contributed by atoms with Crippen molar-refractivity contribution in [2.75, 3.05) is 0 Å². The van der Waals surface area contributed by atoms with Crippen molar-refractivity contribution in [1.29, 1.82) is 0 Å². The topological polar surface area (TPSA) is 35.5 Å². The molecule has 1 aromatic carbocycles. The van der Waals surface area contributed by atoms with Gasteiger partial charge in [0.25, 0.3) is 0 Å². The first kappa shape index (κ1) is 15.7. The molecule has 0 aliphatic rings. The molecule has 0 aliphatic carbocycles. The lowest BCUT2D eigenvalue weighted by Gasteiger charge is -2.29. The highest BCUT2D eigenvalue weighted by Gasteiger charge is 2.40. The maximum absolute atomic E-state index is 11.6. The van der Waals surface area contributed by atoms with Gasteiger partial charge in [0.15, 0.2) is 3.74 Å². The zero-order valence-electron chi connectivity index (χ0n) is 9.53. The fourth-order valence-corrected chi connectivity index (χ4v) is 1.68. The molecule has 0 aromatic heterocycles. The van der Waals surface area contributed by atoms with E-state index in [2.05, 4.69) is 54.4 Å². The van der Waals surface area contributed by atoms with Crippen LogP contribution in [0.4, 0.5) is 0 Å². The van der Waals surface area contributed by atoms with Crippen LogP contribution in [0.3, 0.4) is 0 Å². The van der Waals surface area contributed by atoms with E-state index in [1.165, 1.54) is 0 Å². The van der Waals surface area contributed by atoms with Crippen molar-refractivity contribution < 1.29 is 14.3 Å². The fourth-order valence-electron chi connectivity index (χ4n) is 0.973. The quantitative estimate of drug-likeness (QED) is 0.294. The minimum Gasteiger partial charge on any atom is -0.442 e. The average molecular weight is 443 g/mol. The van der Waals surface area contributed by atoms with Crippen LogP contribution in [0, 0.1) is 0 Å². The van der Waals surface area contributed by atoms with Crippen LogP contribution in [-0.4, -0.2) is 14.4 Å². The molecule has 0 amide bonds. The van der Waals surface area contributed by atoms with E-state index in [1.54, 1.807) is 19.1 Å². The average Bonchev–Trinajstić information content (AvgIpc) is 2.29. The second-order valence-corrected chi connectivity index (χ2v) is 7.63. The summed E-state index contributed by atoms with van der Waals surface area (Å²) in [6.45, 7) is 5.09. The van der Waals surface area contributed by atoms with E-state index in [9.17, 15) is 4.79 Å². The number of hydrogen-bond donors (Lipinski definition) is 0. The van der Waals surface area contributed by atoms with Crippen molar-refractivity contribution in [1.82, 2.24) is 0 Å². The number of halogens is 3. The Kier molecular flexibility index (Phi) is 5.88. The van der Waals surface area contributed by atoms with Gasteiger partial charge in [-0.1, -0.05) is 56.6 Å². The van der Waals surface area contributed by atoms with Gasteiger partial charge in [-0.15, -0.1) is 0 Å². The third kappa shape index (κ3) is 4.40. The maximum Gasteiger partial charge on any atom is 0.337 e. The Balaban J connectivity index is 2.87. The van der Waals surface area contributed by atoms with E-state index >= 15 is 0 Å². The van der Waals surface area contributed by atoms with Crippen LogP contribution < -0.4 is 4.74 Å². The fraction of sp³-hybridized carbons (Fsp3) is 0.250. The monoisotopic (exact) mass is 440 g/mol. The number of carbonyl (C=O) groups excluding carboxylic acids is 1. The number of benzene rings is 1. The summed E-state index contributed by atoms with van der Waals surface area (Å²) in [6, 6.07) is 9.02. The summed E-state index contributed by atoms with van der Waals surface area (Å²) in [5.41, 5.74) is 0.288. The predicted octanol–water partition coefficient (Wildman–Crippen LogP) is 4.35. The van der Waals surface area contributed by atoms with Gasteiger partial charge in [-0.3, -0.25) is 0 Å². The van der Waals surface area contributed by atoms with Gasteiger partial charge in [0.1, 0.15) is 5.75 Å². The van der Waals surface area contributed by atoms with Crippen molar-refractivity contribution in [3.8, 4) is 5.75 Å². The first-order valence-electron chi connectivity index (χ1n) is 4.95. The summed E-state index contributed by atoms with van der Waals surface area (Å²) in [5.74, 6) is 0.0134. The van der Waals surface area contributed by atoms with Crippen LogP contribution in [0.15, 0.2) is 42.5 Å². The Morgan fingerprint density at radius 2 is 1.89 bits per heavy atom. The number of para-hydroxylation sites is 1. The smallest absolute Gasteiger partial charge is 0.337 e. The van der Waals surface area contributed by atoms with E-state index in [-0.39, 0.29) is 5.57 Å². The largest absolute Gasteiger partial charge is 0.442 e. The van der Waals surface area contributed by atoms with Crippen molar-refractivity contribution in [2.45, 2.75) is 15.4 Å². The number of hydrogen-bond acceptors (Lipinski definition) is 3. The molecule has 0 radical (unpaired) electrons. The first-order chi connectivity index (χ1) is 8.35. The standard InChI is InChI=1S/C12H11Br3O3/c1-8(2)10(16)18-12(15,11(13)14)17-9-6-4-3-5-7-9/h3-7,11H,1H2,2H3. The lowest BCUT2D eigenvalue weighted by atomic mass is 10.3. The van der Waals surface area contributed by atoms with Gasteiger partial charge >= 0.3 is 10.7 Å². The number of alkyl halides is 3.